The van der Waals surface area contributed by atoms with Crippen LogP contribution in [-0.4, -0.2) is 24.3 Å². The molecule has 0 aliphatic carbocycles. The molecule has 0 aromatic heterocycles. The van der Waals surface area contributed by atoms with Gasteiger partial charge in [0.2, 0.25) is 5.88 Å². The molecule has 2 aromatic carbocycles. The minimum atomic E-state index is -0.560. The number of fused-ring (bicyclic) bond motifs is 1. The zero-order chi connectivity index (χ0) is 17.4. The number of nitriles is 1. The van der Waals surface area contributed by atoms with Crippen LogP contribution in [0.25, 0.3) is 0 Å². The van der Waals surface area contributed by atoms with E-state index in [0.29, 0.717) is 5.56 Å². The highest BCUT2D eigenvalue weighted by atomic mass is 16.5. The van der Waals surface area contributed by atoms with E-state index in [1.165, 1.54) is 12.1 Å². The van der Waals surface area contributed by atoms with Crippen LogP contribution in [-0.2, 0) is 0 Å². The highest BCUT2D eigenvalue weighted by Crippen LogP contribution is 2.47. The van der Waals surface area contributed by atoms with Gasteiger partial charge in [0, 0.05) is 37.5 Å². The van der Waals surface area contributed by atoms with Gasteiger partial charge in [-0.15, -0.1) is 0 Å². The van der Waals surface area contributed by atoms with Crippen molar-refractivity contribution in [2.75, 3.05) is 19.0 Å². The first-order chi connectivity index (χ1) is 11.4. The summed E-state index contributed by atoms with van der Waals surface area (Å²) >= 11 is 0. The lowest BCUT2D eigenvalue weighted by atomic mass is 9.83. The Bertz CT molecular complexity index is 864. The van der Waals surface area contributed by atoms with Gasteiger partial charge >= 0.3 is 0 Å². The van der Waals surface area contributed by atoms with E-state index in [9.17, 15) is 15.5 Å². The van der Waals surface area contributed by atoms with Crippen molar-refractivity contribution in [3.63, 3.8) is 0 Å². The number of nitrogens with two attached hydrogens (primary N) is 1. The molecule has 3 rings (SSSR count). The molecule has 1 aliphatic rings. The molecule has 0 fully saturated rings. The molecule has 1 heterocycles. The van der Waals surface area contributed by atoms with E-state index < -0.39 is 5.92 Å². The van der Waals surface area contributed by atoms with Gasteiger partial charge in [-0.1, -0.05) is 12.1 Å². The molecular formula is C18H17N3O3. The molecule has 122 valence electrons. The summed E-state index contributed by atoms with van der Waals surface area (Å²) in [5.41, 5.74) is 8.32. The van der Waals surface area contributed by atoms with Gasteiger partial charge in [-0.25, -0.2) is 0 Å². The number of ether oxygens (including phenoxy) is 1. The van der Waals surface area contributed by atoms with E-state index >= 15 is 0 Å². The van der Waals surface area contributed by atoms with Crippen LogP contribution >= 0.6 is 0 Å². The van der Waals surface area contributed by atoms with Gasteiger partial charge < -0.3 is 25.6 Å². The first-order valence-corrected chi connectivity index (χ1v) is 7.33. The topological polar surface area (TPSA) is 103 Å². The summed E-state index contributed by atoms with van der Waals surface area (Å²) in [5.74, 6) is -0.633. The fourth-order valence-corrected chi connectivity index (χ4v) is 2.85. The third-order valence-electron chi connectivity index (χ3n) is 4.03. The van der Waals surface area contributed by atoms with Gasteiger partial charge in [0.1, 0.15) is 28.9 Å². The Hall–Kier alpha value is -3.33. The molecule has 1 atom stereocenters. The number of hydrogen-bond donors (Lipinski definition) is 3. The van der Waals surface area contributed by atoms with Crippen molar-refractivity contribution in [2.45, 2.75) is 5.92 Å². The maximum Gasteiger partial charge on any atom is 0.205 e. The van der Waals surface area contributed by atoms with Crippen LogP contribution in [0.5, 0.6) is 17.2 Å². The van der Waals surface area contributed by atoms with Crippen LogP contribution in [0.3, 0.4) is 0 Å². The number of hydrogen-bond acceptors (Lipinski definition) is 6. The van der Waals surface area contributed by atoms with Crippen LogP contribution < -0.4 is 15.4 Å². The lowest BCUT2D eigenvalue weighted by Gasteiger charge is -2.27. The van der Waals surface area contributed by atoms with E-state index in [2.05, 4.69) is 6.07 Å². The lowest BCUT2D eigenvalue weighted by molar-refractivity contribution is 0.375. The van der Waals surface area contributed by atoms with Crippen molar-refractivity contribution in [1.82, 2.24) is 0 Å². The summed E-state index contributed by atoms with van der Waals surface area (Å²) in [6, 6.07) is 12.3. The van der Waals surface area contributed by atoms with E-state index in [1.54, 1.807) is 0 Å². The third kappa shape index (κ3) is 2.46. The van der Waals surface area contributed by atoms with Gasteiger partial charge in [-0.05, 0) is 17.7 Å². The van der Waals surface area contributed by atoms with Crippen molar-refractivity contribution in [2.24, 2.45) is 5.73 Å². The van der Waals surface area contributed by atoms with Gasteiger partial charge in [-0.2, -0.15) is 5.26 Å². The van der Waals surface area contributed by atoms with Crippen LogP contribution in [0.4, 0.5) is 5.69 Å². The second kappa shape index (κ2) is 5.70. The van der Waals surface area contributed by atoms with Crippen LogP contribution in [0, 0.1) is 11.3 Å². The molecule has 1 aliphatic heterocycles. The normalized spacial score (nSPS) is 16.1. The van der Waals surface area contributed by atoms with Crippen molar-refractivity contribution < 1.29 is 14.9 Å². The molecule has 24 heavy (non-hydrogen) atoms. The third-order valence-corrected chi connectivity index (χ3v) is 4.03. The number of rotatable bonds is 2. The smallest absolute Gasteiger partial charge is 0.205 e. The highest BCUT2D eigenvalue weighted by Gasteiger charge is 2.33. The Labute approximate surface area is 139 Å². The molecule has 0 spiro atoms. The zero-order valence-corrected chi connectivity index (χ0v) is 13.3. The quantitative estimate of drug-likeness (QED) is 0.784. The molecular weight excluding hydrogens is 306 g/mol. The summed E-state index contributed by atoms with van der Waals surface area (Å²) in [7, 11) is 3.87. The van der Waals surface area contributed by atoms with Crippen molar-refractivity contribution in [1.29, 1.82) is 5.26 Å². The number of anilines is 1. The van der Waals surface area contributed by atoms with E-state index in [-0.39, 0.29) is 28.7 Å². The van der Waals surface area contributed by atoms with Crippen LogP contribution in [0.15, 0.2) is 47.9 Å². The Morgan fingerprint density at radius 3 is 2.42 bits per heavy atom. The molecule has 2 aromatic rings. The SMILES string of the molecule is CN(C)c1ccc(C2C(C#N)=C(N)Oc3cc(O)cc(O)c32)cc1. The van der Waals surface area contributed by atoms with Gasteiger partial charge in [-0.3, -0.25) is 0 Å². The Morgan fingerprint density at radius 1 is 1.17 bits per heavy atom. The highest BCUT2D eigenvalue weighted by molar-refractivity contribution is 5.63. The predicted molar refractivity (Wildman–Crippen MR) is 89.8 cm³/mol. The summed E-state index contributed by atoms with van der Waals surface area (Å²) in [6.45, 7) is 0. The van der Waals surface area contributed by atoms with E-state index in [0.717, 1.165) is 11.3 Å². The number of aromatic hydroxyl groups is 2. The lowest BCUT2D eigenvalue weighted by Crippen LogP contribution is -2.21. The van der Waals surface area contributed by atoms with Crippen LogP contribution in [0.2, 0.25) is 0 Å². The fraction of sp³-hybridized carbons (Fsp3) is 0.167. The average Bonchev–Trinajstić information content (AvgIpc) is 2.53. The maximum absolute atomic E-state index is 10.3. The second-order valence-electron chi connectivity index (χ2n) is 5.79. The first-order valence-electron chi connectivity index (χ1n) is 7.33. The minimum absolute atomic E-state index is 0.0308. The summed E-state index contributed by atoms with van der Waals surface area (Å²) in [5, 5.41) is 29.5. The number of benzene rings is 2. The Morgan fingerprint density at radius 2 is 1.83 bits per heavy atom. The van der Waals surface area contributed by atoms with Gasteiger partial charge in [0.25, 0.3) is 0 Å². The number of phenols is 2. The fourth-order valence-electron chi connectivity index (χ4n) is 2.85. The summed E-state index contributed by atoms with van der Waals surface area (Å²) < 4.78 is 5.42. The second-order valence-corrected chi connectivity index (χ2v) is 5.79. The van der Waals surface area contributed by atoms with Crippen molar-refractivity contribution in [3.05, 3.63) is 59.0 Å². The largest absolute Gasteiger partial charge is 0.508 e. The predicted octanol–water partition coefficient (Wildman–Crippen LogP) is 2.38. The minimum Gasteiger partial charge on any atom is -0.508 e. The molecule has 0 saturated heterocycles. The van der Waals surface area contributed by atoms with Gasteiger partial charge in [0.05, 0.1) is 5.92 Å². The molecule has 0 radical (unpaired) electrons. The molecule has 6 nitrogen and oxygen atoms in total. The average molecular weight is 323 g/mol. The molecule has 1 unspecified atom stereocenters. The standard InChI is InChI=1S/C18H17N3O3/c1-21(2)11-5-3-10(4-6-11)16-13(9-19)18(20)24-15-8-12(22)7-14(23)17(15)16/h3-8,16,22-23H,20H2,1-2H3. The summed E-state index contributed by atoms with van der Waals surface area (Å²) in [4.78, 5) is 1.96. The Kier molecular flexibility index (Phi) is 3.70. The molecule has 4 N–H and O–H groups in total. The monoisotopic (exact) mass is 323 g/mol. The van der Waals surface area contributed by atoms with Crippen LogP contribution in [0.1, 0.15) is 17.0 Å². The van der Waals surface area contributed by atoms with E-state index in [4.69, 9.17) is 10.5 Å². The zero-order valence-electron chi connectivity index (χ0n) is 13.3. The van der Waals surface area contributed by atoms with Crippen molar-refractivity contribution in [3.8, 4) is 23.3 Å². The molecule has 6 heteroatoms. The molecule has 0 saturated carbocycles. The van der Waals surface area contributed by atoms with Crippen molar-refractivity contribution >= 4 is 5.69 Å². The molecule has 0 bridgehead atoms. The Balaban J connectivity index is 2.20. The first kappa shape index (κ1) is 15.6. The van der Waals surface area contributed by atoms with E-state index in [1.807, 2.05) is 43.3 Å². The maximum atomic E-state index is 10.3. The number of allylic oxidation sites excluding steroid dienone is 1. The number of phenolic OH excluding ortho intramolecular Hbond substituents is 2. The summed E-state index contributed by atoms with van der Waals surface area (Å²) in [6.07, 6.45) is 0. The number of nitrogens with zero attached hydrogens (tertiary/aromatic N) is 2. The van der Waals surface area contributed by atoms with Gasteiger partial charge in [0.15, 0.2) is 0 Å². The molecule has 0 amide bonds.